The molecule has 0 spiro atoms. The standard InChI is InChI=1S/C19H28N4O2/c1-21-11-13-22(14-12-21)17-7-9-23(19(17)25)10-8-20-18(24)15-16-5-3-2-4-6-16/h2-6,17H,7-15H2,1H3,(H,20,24). The molecule has 2 aliphatic heterocycles. The Hall–Kier alpha value is -1.92. The van der Waals surface area contributed by atoms with Gasteiger partial charge in [-0.2, -0.15) is 0 Å². The summed E-state index contributed by atoms with van der Waals surface area (Å²) in [5.74, 6) is 0.232. The zero-order chi connectivity index (χ0) is 17.6. The van der Waals surface area contributed by atoms with Gasteiger partial charge in [-0.1, -0.05) is 30.3 Å². The van der Waals surface area contributed by atoms with Crippen molar-refractivity contribution in [1.82, 2.24) is 20.0 Å². The lowest BCUT2D eigenvalue weighted by atomic mass is 10.1. The van der Waals surface area contributed by atoms with Crippen LogP contribution in [0.5, 0.6) is 0 Å². The van der Waals surface area contributed by atoms with Gasteiger partial charge in [0, 0.05) is 45.8 Å². The van der Waals surface area contributed by atoms with Crippen LogP contribution in [0.1, 0.15) is 12.0 Å². The maximum Gasteiger partial charge on any atom is 0.240 e. The van der Waals surface area contributed by atoms with Crippen LogP contribution in [-0.2, 0) is 16.0 Å². The highest BCUT2D eigenvalue weighted by Crippen LogP contribution is 2.18. The number of hydrogen-bond acceptors (Lipinski definition) is 4. The Morgan fingerprint density at radius 1 is 1.12 bits per heavy atom. The van der Waals surface area contributed by atoms with E-state index in [-0.39, 0.29) is 17.9 Å². The molecule has 0 bridgehead atoms. The number of carbonyl (C=O) groups is 2. The summed E-state index contributed by atoms with van der Waals surface area (Å²) in [7, 11) is 2.12. The van der Waals surface area contributed by atoms with Crippen molar-refractivity contribution in [3.8, 4) is 0 Å². The maximum absolute atomic E-state index is 12.6. The summed E-state index contributed by atoms with van der Waals surface area (Å²) >= 11 is 0. The predicted octanol–water partition coefficient (Wildman–Crippen LogP) is 0.194. The number of likely N-dealkylation sites (tertiary alicyclic amines) is 1. The fourth-order valence-electron chi connectivity index (χ4n) is 3.59. The van der Waals surface area contributed by atoms with Crippen LogP contribution in [0.3, 0.4) is 0 Å². The molecule has 1 atom stereocenters. The fourth-order valence-corrected chi connectivity index (χ4v) is 3.59. The van der Waals surface area contributed by atoms with Crippen LogP contribution in [0.4, 0.5) is 0 Å². The van der Waals surface area contributed by atoms with Gasteiger partial charge in [0.2, 0.25) is 11.8 Å². The molecule has 2 amide bonds. The highest BCUT2D eigenvalue weighted by Gasteiger charge is 2.36. The summed E-state index contributed by atoms with van der Waals surface area (Å²) in [5.41, 5.74) is 1.01. The van der Waals surface area contributed by atoms with Crippen molar-refractivity contribution in [3.63, 3.8) is 0 Å². The van der Waals surface area contributed by atoms with Gasteiger partial charge >= 0.3 is 0 Å². The van der Waals surface area contributed by atoms with E-state index in [2.05, 4.69) is 22.2 Å². The summed E-state index contributed by atoms with van der Waals surface area (Å²) in [4.78, 5) is 31.1. The smallest absolute Gasteiger partial charge is 0.240 e. The van der Waals surface area contributed by atoms with Crippen molar-refractivity contribution in [2.75, 3.05) is 52.9 Å². The van der Waals surface area contributed by atoms with Crippen molar-refractivity contribution in [1.29, 1.82) is 0 Å². The molecule has 0 aromatic heterocycles. The van der Waals surface area contributed by atoms with E-state index in [1.54, 1.807) is 0 Å². The number of benzene rings is 1. The van der Waals surface area contributed by atoms with E-state index in [1.165, 1.54) is 0 Å². The van der Waals surface area contributed by atoms with Gasteiger partial charge in [0.25, 0.3) is 0 Å². The van der Waals surface area contributed by atoms with Crippen molar-refractivity contribution in [3.05, 3.63) is 35.9 Å². The summed E-state index contributed by atoms with van der Waals surface area (Å²) in [6.45, 7) is 5.91. The van der Waals surface area contributed by atoms with Crippen molar-refractivity contribution < 1.29 is 9.59 Å². The third-order valence-corrected chi connectivity index (χ3v) is 5.16. The number of carbonyl (C=O) groups excluding carboxylic acids is 2. The van der Waals surface area contributed by atoms with Crippen molar-refractivity contribution in [2.24, 2.45) is 0 Å². The Balaban J connectivity index is 1.39. The van der Waals surface area contributed by atoms with E-state index in [0.717, 1.165) is 44.7 Å². The van der Waals surface area contributed by atoms with Gasteiger partial charge in [0.15, 0.2) is 0 Å². The predicted molar refractivity (Wildman–Crippen MR) is 97.2 cm³/mol. The molecule has 1 aromatic rings. The molecule has 2 saturated heterocycles. The summed E-state index contributed by atoms with van der Waals surface area (Å²) in [6.07, 6.45) is 1.29. The largest absolute Gasteiger partial charge is 0.354 e. The van der Waals surface area contributed by atoms with Crippen LogP contribution in [0, 0.1) is 0 Å². The van der Waals surface area contributed by atoms with E-state index in [4.69, 9.17) is 0 Å². The highest BCUT2D eigenvalue weighted by molar-refractivity contribution is 5.84. The Kier molecular flexibility index (Phi) is 6.04. The number of rotatable bonds is 6. The van der Waals surface area contributed by atoms with Gasteiger partial charge in [0.1, 0.15) is 0 Å². The minimum Gasteiger partial charge on any atom is -0.354 e. The van der Waals surface area contributed by atoms with Crippen LogP contribution >= 0.6 is 0 Å². The second-order valence-corrected chi connectivity index (χ2v) is 6.98. The molecule has 0 radical (unpaired) electrons. The van der Waals surface area contributed by atoms with Crippen LogP contribution < -0.4 is 5.32 Å². The highest BCUT2D eigenvalue weighted by atomic mass is 16.2. The quantitative estimate of drug-likeness (QED) is 0.801. The zero-order valence-electron chi connectivity index (χ0n) is 15.0. The van der Waals surface area contributed by atoms with Crippen LogP contribution in [0.15, 0.2) is 30.3 Å². The second kappa shape index (κ2) is 8.45. The molecule has 25 heavy (non-hydrogen) atoms. The first-order valence-electron chi connectivity index (χ1n) is 9.15. The van der Waals surface area contributed by atoms with Crippen molar-refractivity contribution >= 4 is 11.8 Å². The molecule has 1 unspecified atom stereocenters. The van der Waals surface area contributed by atoms with E-state index < -0.39 is 0 Å². The third-order valence-electron chi connectivity index (χ3n) is 5.16. The summed E-state index contributed by atoms with van der Waals surface area (Å²) in [6, 6.07) is 9.74. The number of likely N-dealkylation sites (N-methyl/N-ethyl adjacent to an activating group) is 1. The second-order valence-electron chi connectivity index (χ2n) is 6.98. The van der Waals surface area contributed by atoms with Gasteiger partial charge in [-0.25, -0.2) is 0 Å². The molecule has 6 heteroatoms. The van der Waals surface area contributed by atoms with E-state index in [9.17, 15) is 9.59 Å². The lowest BCUT2D eigenvalue weighted by Gasteiger charge is -2.35. The first-order valence-corrected chi connectivity index (χ1v) is 9.15. The normalized spacial score (nSPS) is 22.4. The van der Waals surface area contributed by atoms with Gasteiger partial charge in [0.05, 0.1) is 12.5 Å². The van der Waals surface area contributed by atoms with E-state index in [0.29, 0.717) is 19.5 Å². The minimum absolute atomic E-state index is 0.00784. The number of piperazine rings is 1. The van der Waals surface area contributed by atoms with Gasteiger partial charge in [-0.15, -0.1) is 0 Å². The lowest BCUT2D eigenvalue weighted by Crippen LogP contribution is -2.51. The number of hydrogen-bond donors (Lipinski definition) is 1. The SMILES string of the molecule is CN1CCN(C2CCN(CCNC(=O)Cc3ccccc3)C2=O)CC1. The molecule has 136 valence electrons. The molecule has 2 heterocycles. The van der Waals surface area contributed by atoms with Gasteiger partial charge in [-0.3, -0.25) is 14.5 Å². The fraction of sp³-hybridized carbons (Fsp3) is 0.579. The van der Waals surface area contributed by atoms with Crippen LogP contribution in [0.2, 0.25) is 0 Å². The molecule has 1 N–H and O–H groups in total. The summed E-state index contributed by atoms with van der Waals surface area (Å²) in [5, 5.41) is 2.93. The third kappa shape index (κ3) is 4.80. The molecule has 3 rings (SSSR count). The Bertz CT molecular complexity index is 584. The average Bonchev–Trinajstić information content (AvgIpc) is 2.97. The van der Waals surface area contributed by atoms with Crippen LogP contribution in [0.25, 0.3) is 0 Å². The Morgan fingerprint density at radius 3 is 2.56 bits per heavy atom. The molecule has 2 aliphatic rings. The number of nitrogens with one attached hydrogen (secondary N) is 1. The summed E-state index contributed by atoms with van der Waals surface area (Å²) < 4.78 is 0. The van der Waals surface area contributed by atoms with Gasteiger partial charge in [-0.05, 0) is 19.0 Å². The number of amides is 2. The molecule has 2 fully saturated rings. The average molecular weight is 344 g/mol. The lowest BCUT2D eigenvalue weighted by molar-refractivity contribution is -0.133. The number of nitrogens with zero attached hydrogens (tertiary/aromatic N) is 3. The zero-order valence-corrected chi connectivity index (χ0v) is 15.0. The monoisotopic (exact) mass is 344 g/mol. The van der Waals surface area contributed by atoms with Crippen molar-refractivity contribution in [2.45, 2.75) is 18.9 Å². The molecule has 0 saturated carbocycles. The Labute approximate surface area is 149 Å². The van der Waals surface area contributed by atoms with Crippen LogP contribution in [-0.4, -0.2) is 85.4 Å². The van der Waals surface area contributed by atoms with E-state index in [1.807, 2.05) is 35.2 Å². The van der Waals surface area contributed by atoms with E-state index >= 15 is 0 Å². The molecule has 6 nitrogen and oxygen atoms in total. The first kappa shape index (κ1) is 17.9. The topological polar surface area (TPSA) is 55.9 Å². The Morgan fingerprint density at radius 2 is 1.84 bits per heavy atom. The molecular weight excluding hydrogens is 316 g/mol. The molecular formula is C19H28N4O2. The molecule has 0 aliphatic carbocycles. The molecule has 1 aromatic carbocycles. The first-order chi connectivity index (χ1) is 12.1. The minimum atomic E-state index is 0.00784. The maximum atomic E-state index is 12.6. The van der Waals surface area contributed by atoms with Gasteiger partial charge < -0.3 is 15.1 Å².